The first-order valence-corrected chi connectivity index (χ1v) is 6.74. The van der Waals surface area contributed by atoms with Crippen LogP contribution in [-0.2, 0) is 6.54 Å². The van der Waals surface area contributed by atoms with Crippen molar-refractivity contribution in [2.24, 2.45) is 0 Å². The van der Waals surface area contributed by atoms with Crippen molar-refractivity contribution in [3.63, 3.8) is 0 Å². The van der Waals surface area contributed by atoms with Crippen LogP contribution in [-0.4, -0.2) is 17.1 Å². The Morgan fingerprint density at radius 2 is 1.89 bits per heavy atom. The van der Waals surface area contributed by atoms with Crippen LogP contribution in [0.4, 0.5) is 0 Å². The Kier molecular flexibility index (Phi) is 4.27. The fourth-order valence-corrected chi connectivity index (χ4v) is 2.24. The minimum Gasteiger partial charge on any atom is -0.361 e. The summed E-state index contributed by atoms with van der Waals surface area (Å²) in [5.41, 5.74) is 3.38. The maximum atomic E-state index is 5.92. The van der Waals surface area contributed by atoms with Crippen LogP contribution in [0.5, 0.6) is 0 Å². The molecule has 0 aliphatic heterocycles. The molecule has 1 atom stereocenters. The lowest BCUT2D eigenvalue weighted by atomic mass is 10.1. The molecule has 0 spiro atoms. The summed E-state index contributed by atoms with van der Waals surface area (Å²) in [5, 5.41) is 4.76. The lowest BCUT2D eigenvalue weighted by Crippen LogP contribution is -2.22. The van der Waals surface area contributed by atoms with E-state index < -0.39 is 0 Å². The van der Waals surface area contributed by atoms with Gasteiger partial charge in [-0.05, 0) is 45.5 Å². The zero-order valence-electron chi connectivity index (χ0n) is 11.8. The molecule has 4 heteroatoms. The molecule has 2 aromatic rings. The number of benzene rings is 1. The first kappa shape index (κ1) is 14.1. The molecule has 0 aliphatic rings. The van der Waals surface area contributed by atoms with Gasteiger partial charge in [-0.3, -0.25) is 4.90 Å². The Labute approximate surface area is 119 Å². The maximum Gasteiger partial charge on any atom is 0.138 e. The van der Waals surface area contributed by atoms with E-state index in [0.717, 1.165) is 23.0 Å². The highest BCUT2D eigenvalue weighted by atomic mass is 35.5. The van der Waals surface area contributed by atoms with Crippen LogP contribution < -0.4 is 0 Å². The molecule has 0 bridgehead atoms. The van der Waals surface area contributed by atoms with Gasteiger partial charge in [0, 0.05) is 23.2 Å². The zero-order valence-corrected chi connectivity index (χ0v) is 12.5. The summed E-state index contributed by atoms with van der Waals surface area (Å²) in [6.45, 7) is 6.94. The molecule has 19 heavy (non-hydrogen) atoms. The lowest BCUT2D eigenvalue weighted by Gasteiger charge is -2.25. The Morgan fingerprint density at radius 1 is 1.26 bits per heavy atom. The summed E-state index contributed by atoms with van der Waals surface area (Å²) in [5.74, 6) is 0.896. The van der Waals surface area contributed by atoms with Gasteiger partial charge in [0.25, 0.3) is 0 Å². The van der Waals surface area contributed by atoms with Gasteiger partial charge in [0.05, 0.1) is 5.69 Å². The number of hydrogen-bond acceptors (Lipinski definition) is 3. The van der Waals surface area contributed by atoms with Gasteiger partial charge >= 0.3 is 0 Å². The summed E-state index contributed by atoms with van der Waals surface area (Å²) in [6.07, 6.45) is 0. The van der Waals surface area contributed by atoms with E-state index in [-0.39, 0.29) is 0 Å². The third-order valence-corrected chi connectivity index (χ3v) is 3.85. The normalized spacial score (nSPS) is 12.9. The number of rotatable bonds is 4. The van der Waals surface area contributed by atoms with Crippen LogP contribution in [0.15, 0.2) is 28.8 Å². The van der Waals surface area contributed by atoms with Crippen molar-refractivity contribution >= 4 is 11.6 Å². The molecule has 1 aromatic heterocycles. The average molecular weight is 279 g/mol. The van der Waals surface area contributed by atoms with Crippen LogP contribution in [0.1, 0.15) is 35.5 Å². The van der Waals surface area contributed by atoms with Crippen LogP contribution in [0.25, 0.3) is 0 Å². The van der Waals surface area contributed by atoms with Gasteiger partial charge < -0.3 is 4.52 Å². The molecule has 0 aliphatic carbocycles. The van der Waals surface area contributed by atoms with E-state index in [1.807, 2.05) is 26.0 Å². The second-order valence-corrected chi connectivity index (χ2v) is 5.38. The lowest BCUT2D eigenvalue weighted by molar-refractivity contribution is 0.251. The number of hydrogen-bond donors (Lipinski definition) is 0. The molecule has 0 N–H and O–H groups in total. The van der Waals surface area contributed by atoms with Crippen LogP contribution >= 0.6 is 11.6 Å². The Hall–Kier alpha value is -1.32. The molecule has 0 amide bonds. The summed E-state index contributed by atoms with van der Waals surface area (Å²) < 4.78 is 5.20. The van der Waals surface area contributed by atoms with Gasteiger partial charge in [-0.2, -0.15) is 0 Å². The average Bonchev–Trinajstić information content (AvgIpc) is 2.70. The molecule has 1 aromatic carbocycles. The van der Waals surface area contributed by atoms with Gasteiger partial charge in [-0.15, -0.1) is 0 Å². The highest BCUT2D eigenvalue weighted by Gasteiger charge is 2.16. The fraction of sp³-hybridized carbons (Fsp3) is 0.400. The van der Waals surface area contributed by atoms with E-state index in [1.54, 1.807) is 0 Å². The second-order valence-electron chi connectivity index (χ2n) is 4.95. The van der Waals surface area contributed by atoms with E-state index in [4.69, 9.17) is 16.1 Å². The molecule has 3 nitrogen and oxygen atoms in total. The van der Waals surface area contributed by atoms with E-state index in [2.05, 4.69) is 36.2 Å². The topological polar surface area (TPSA) is 29.3 Å². The predicted molar refractivity (Wildman–Crippen MR) is 77.3 cm³/mol. The molecule has 0 radical (unpaired) electrons. The predicted octanol–water partition coefficient (Wildman–Crippen LogP) is 4.14. The molecule has 0 fully saturated rings. The smallest absolute Gasteiger partial charge is 0.138 e. The molecule has 0 saturated heterocycles. The minimum absolute atomic E-state index is 0.311. The van der Waals surface area contributed by atoms with Gasteiger partial charge in [-0.1, -0.05) is 28.9 Å². The molecule has 0 saturated carbocycles. The standard InChI is InChI=1S/C15H19ClN2O/c1-10-15(12(3)19-17-10)9-18(4)11(2)13-5-7-14(16)8-6-13/h5-8,11H,9H2,1-4H3. The fourth-order valence-electron chi connectivity index (χ4n) is 2.11. The van der Waals surface area contributed by atoms with E-state index >= 15 is 0 Å². The van der Waals surface area contributed by atoms with Crippen molar-refractivity contribution < 1.29 is 4.52 Å². The number of halogens is 1. The summed E-state index contributed by atoms with van der Waals surface area (Å²) >= 11 is 5.92. The minimum atomic E-state index is 0.311. The Bertz CT molecular complexity index is 528. The van der Waals surface area contributed by atoms with Gasteiger partial charge in [0.15, 0.2) is 0 Å². The molecular weight excluding hydrogens is 260 g/mol. The van der Waals surface area contributed by atoms with Crippen LogP contribution in [0.3, 0.4) is 0 Å². The monoisotopic (exact) mass is 278 g/mol. The van der Waals surface area contributed by atoms with Gasteiger partial charge in [0.2, 0.25) is 0 Å². The third-order valence-electron chi connectivity index (χ3n) is 3.60. The molecule has 1 heterocycles. The molecule has 102 valence electrons. The van der Waals surface area contributed by atoms with E-state index in [9.17, 15) is 0 Å². The summed E-state index contributed by atoms with van der Waals surface area (Å²) in [6, 6.07) is 8.30. The SMILES string of the molecule is Cc1noc(C)c1CN(C)C(C)c1ccc(Cl)cc1. The summed E-state index contributed by atoms with van der Waals surface area (Å²) in [7, 11) is 2.10. The van der Waals surface area contributed by atoms with Crippen LogP contribution in [0, 0.1) is 13.8 Å². The van der Waals surface area contributed by atoms with Crippen molar-refractivity contribution in [1.82, 2.24) is 10.1 Å². The van der Waals surface area contributed by atoms with Crippen molar-refractivity contribution in [2.45, 2.75) is 33.4 Å². The second kappa shape index (κ2) is 5.76. The highest BCUT2D eigenvalue weighted by Crippen LogP contribution is 2.24. The number of nitrogens with zero attached hydrogens (tertiary/aromatic N) is 2. The largest absolute Gasteiger partial charge is 0.361 e. The van der Waals surface area contributed by atoms with Gasteiger partial charge in [-0.25, -0.2) is 0 Å². The number of aromatic nitrogens is 1. The molecular formula is C15H19ClN2O. The quantitative estimate of drug-likeness (QED) is 0.842. The van der Waals surface area contributed by atoms with E-state index in [0.29, 0.717) is 6.04 Å². The molecule has 1 unspecified atom stereocenters. The van der Waals surface area contributed by atoms with E-state index in [1.165, 1.54) is 11.1 Å². The van der Waals surface area contributed by atoms with Crippen molar-refractivity contribution in [1.29, 1.82) is 0 Å². The Balaban J connectivity index is 2.11. The maximum absolute atomic E-state index is 5.92. The van der Waals surface area contributed by atoms with Gasteiger partial charge in [0.1, 0.15) is 5.76 Å². The van der Waals surface area contributed by atoms with Crippen molar-refractivity contribution in [3.05, 3.63) is 51.9 Å². The highest BCUT2D eigenvalue weighted by molar-refractivity contribution is 6.30. The third kappa shape index (κ3) is 3.17. The number of aryl methyl sites for hydroxylation is 2. The van der Waals surface area contributed by atoms with Crippen molar-refractivity contribution in [2.75, 3.05) is 7.05 Å². The zero-order chi connectivity index (χ0) is 14.0. The first-order valence-electron chi connectivity index (χ1n) is 6.36. The summed E-state index contributed by atoms with van der Waals surface area (Å²) in [4.78, 5) is 2.27. The molecule has 2 rings (SSSR count). The Morgan fingerprint density at radius 3 is 2.42 bits per heavy atom. The van der Waals surface area contributed by atoms with Crippen molar-refractivity contribution in [3.8, 4) is 0 Å². The first-order chi connectivity index (χ1) is 8.99. The van der Waals surface area contributed by atoms with Crippen LogP contribution in [0.2, 0.25) is 5.02 Å².